The highest BCUT2D eigenvalue weighted by molar-refractivity contribution is 6.01. The lowest BCUT2D eigenvalue weighted by Crippen LogP contribution is -2.41. The van der Waals surface area contributed by atoms with Gasteiger partial charge in [-0.1, -0.05) is 18.9 Å². The molecule has 1 saturated carbocycles. The Kier molecular flexibility index (Phi) is 3.11. The van der Waals surface area contributed by atoms with Gasteiger partial charge in [-0.15, -0.1) is 0 Å². The van der Waals surface area contributed by atoms with Crippen molar-refractivity contribution in [2.45, 2.75) is 59.0 Å². The van der Waals surface area contributed by atoms with Crippen LogP contribution in [0.4, 0.5) is 0 Å². The first-order valence-electron chi connectivity index (χ1n) is 6.36. The van der Waals surface area contributed by atoms with Gasteiger partial charge < -0.3 is 4.74 Å². The summed E-state index contributed by atoms with van der Waals surface area (Å²) in [6, 6.07) is 0. The lowest BCUT2D eigenvalue weighted by atomic mass is 9.63. The first-order chi connectivity index (χ1) is 7.94. The summed E-state index contributed by atoms with van der Waals surface area (Å²) in [6.45, 7) is 5.45. The van der Waals surface area contributed by atoms with Gasteiger partial charge in [0, 0.05) is 13.3 Å². The van der Waals surface area contributed by atoms with E-state index in [4.69, 9.17) is 4.74 Å². The molecule has 2 aliphatic carbocycles. The van der Waals surface area contributed by atoms with E-state index in [9.17, 15) is 9.59 Å². The summed E-state index contributed by atoms with van der Waals surface area (Å²) in [7, 11) is 0. The van der Waals surface area contributed by atoms with E-state index < -0.39 is 6.10 Å². The normalized spacial score (nSPS) is 33.4. The van der Waals surface area contributed by atoms with Crippen molar-refractivity contribution in [3.05, 3.63) is 11.1 Å². The van der Waals surface area contributed by atoms with Crippen LogP contribution in [0.15, 0.2) is 11.1 Å². The topological polar surface area (TPSA) is 43.4 Å². The number of rotatable bonds is 1. The van der Waals surface area contributed by atoms with Crippen LogP contribution in [0.2, 0.25) is 0 Å². The summed E-state index contributed by atoms with van der Waals surface area (Å²) < 4.78 is 5.17. The van der Waals surface area contributed by atoms with Crippen LogP contribution in [0.25, 0.3) is 0 Å². The third kappa shape index (κ3) is 2.15. The number of carbonyl (C=O) groups is 2. The highest BCUT2D eigenvalue weighted by Gasteiger charge is 2.43. The van der Waals surface area contributed by atoms with Gasteiger partial charge in [-0.3, -0.25) is 9.59 Å². The molecule has 94 valence electrons. The summed E-state index contributed by atoms with van der Waals surface area (Å²) in [6.07, 6.45) is 4.62. The van der Waals surface area contributed by atoms with E-state index in [-0.39, 0.29) is 17.2 Å². The largest absolute Gasteiger partial charge is 0.454 e. The van der Waals surface area contributed by atoms with Crippen molar-refractivity contribution in [2.24, 2.45) is 5.41 Å². The number of carbonyl (C=O) groups excluding carboxylic acids is 2. The first kappa shape index (κ1) is 12.3. The van der Waals surface area contributed by atoms with Gasteiger partial charge in [-0.25, -0.2) is 0 Å². The van der Waals surface area contributed by atoms with Crippen LogP contribution in [0, 0.1) is 5.41 Å². The molecule has 0 aromatic rings. The van der Waals surface area contributed by atoms with E-state index >= 15 is 0 Å². The average molecular weight is 236 g/mol. The van der Waals surface area contributed by atoms with E-state index in [0.29, 0.717) is 6.42 Å². The van der Waals surface area contributed by atoms with Crippen molar-refractivity contribution in [2.75, 3.05) is 0 Å². The number of esters is 1. The van der Waals surface area contributed by atoms with E-state index in [1.54, 1.807) is 0 Å². The van der Waals surface area contributed by atoms with Gasteiger partial charge in [-0.05, 0) is 37.2 Å². The lowest BCUT2D eigenvalue weighted by Gasteiger charge is -2.43. The number of hydrogen-bond donors (Lipinski definition) is 0. The van der Waals surface area contributed by atoms with Gasteiger partial charge in [-0.2, -0.15) is 0 Å². The monoisotopic (exact) mass is 236 g/mol. The molecule has 3 nitrogen and oxygen atoms in total. The molecule has 2 aliphatic rings. The quantitative estimate of drug-likeness (QED) is 0.657. The Bertz CT molecular complexity index is 394. The molecule has 0 aromatic heterocycles. The Labute approximate surface area is 102 Å². The first-order valence-corrected chi connectivity index (χ1v) is 6.36. The zero-order valence-corrected chi connectivity index (χ0v) is 10.8. The number of ether oxygens (including phenoxy) is 1. The third-order valence-corrected chi connectivity index (χ3v) is 4.19. The highest BCUT2D eigenvalue weighted by atomic mass is 16.5. The lowest BCUT2D eigenvalue weighted by molar-refractivity contribution is -0.154. The number of allylic oxidation sites excluding steroid dienone is 1. The molecule has 0 amide bonds. The maximum Gasteiger partial charge on any atom is 0.303 e. The Hall–Kier alpha value is -1.12. The minimum Gasteiger partial charge on any atom is -0.454 e. The van der Waals surface area contributed by atoms with Crippen molar-refractivity contribution in [1.29, 1.82) is 0 Å². The predicted octanol–water partition coefficient (Wildman–Crippen LogP) is 2.79. The summed E-state index contributed by atoms with van der Waals surface area (Å²) in [4.78, 5) is 23.2. The zero-order valence-electron chi connectivity index (χ0n) is 10.8. The highest BCUT2D eigenvalue weighted by Crippen LogP contribution is 2.49. The van der Waals surface area contributed by atoms with Crippen LogP contribution in [0.5, 0.6) is 0 Å². The van der Waals surface area contributed by atoms with E-state index in [2.05, 4.69) is 6.92 Å². The molecule has 3 heteroatoms. The minimum absolute atomic E-state index is 0.00887. The Balaban J connectivity index is 2.32. The smallest absolute Gasteiger partial charge is 0.303 e. The summed E-state index contributed by atoms with van der Waals surface area (Å²) in [5.74, 6) is -0.353. The molecular weight excluding hydrogens is 216 g/mol. The SMILES string of the molecule is CC(=O)O[C@H]1C[C@]2(C)CCCCC2=C(C)C1=O. The van der Waals surface area contributed by atoms with Crippen molar-refractivity contribution in [3.63, 3.8) is 0 Å². The number of ketones is 1. The van der Waals surface area contributed by atoms with E-state index in [1.807, 2.05) is 6.92 Å². The molecule has 2 rings (SSSR count). The summed E-state index contributed by atoms with van der Waals surface area (Å²) in [5, 5.41) is 0. The second-order valence-electron chi connectivity index (χ2n) is 5.54. The molecular formula is C14H20O3. The summed E-state index contributed by atoms with van der Waals surface area (Å²) >= 11 is 0. The number of hydrogen-bond acceptors (Lipinski definition) is 3. The maximum atomic E-state index is 12.1. The van der Waals surface area contributed by atoms with Gasteiger partial charge in [0.2, 0.25) is 0 Å². The maximum absolute atomic E-state index is 12.1. The molecule has 2 atom stereocenters. The molecule has 17 heavy (non-hydrogen) atoms. The number of Topliss-reactive ketones (excluding diaryl/α,β-unsaturated/α-hetero) is 1. The summed E-state index contributed by atoms with van der Waals surface area (Å²) in [5.41, 5.74) is 2.21. The van der Waals surface area contributed by atoms with Crippen LogP contribution in [0.1, 0.15) is 52.9 Å². The van der Waals surface area contributed by atoms with Crippen LogP contribution in [-0.2, 0) is 14.3 Å². The predicted molar refractivity (Wildman–Crippen MR) is 64.5 cm³/mol. The second-order valence-corrected chi connectivity index (χ2v) is 5.54. The number of fused-ring (bicyclic) bond motifs is 1. The Morgan fingerprint density at radius 2 is 2.12 bits per heavy atom. The van der Waals surface area contributed by atoms with Crippen molar-refractivity contribution < 1.29 is 14.3 Å². The Morgan fingerprint density at radius 1 is 1.41 bits per heavy atom. The average Bonchev–Trinajstić information content (AvgIpc) is 2.24. The standard InChI is InChI=1S/C14H20O3/c1-9-11-6-4-5-7-14(11,3)8-12(13(9)16)17-10(2)15/h12H,4-8H2,1-3H3/t12-,14-/m0/s1. The molecule has 0 bridgehead atoms. The molecule has 1 fully saturated rings. The van der Waals surface area contributed by atoms with Gasteiger partial charge in [0.25, 0.3) is 0 Å². The van der Waals surface area contributed by atoms with Crippen molar-refractivity contribution in [3.8, 4) is 0 Å². The van der Waals surface area contributed by atoms with Crippen LogP contribution < -0.4 is 0 Å². The van der Waals surface area contributed by atoms with E-state index in [0.717, 1.165) is 18.4 Å². The van der Waals surface area contributed by atoms with Crippen molar-refractivity contribution >= 4 is 11.8 Å². The molecule has 0 unspecified atom stereocenters. The third-order valence-electron chi connectivity index (χ3n) is 4.19. The molecule has 0 N–H and O–H groups in total. The molecule has 0 radical (unpaired) electrons. The molecule has 0 heterocycles. The minimum atomic E-state index is -0.556. The van der Waals surface area contributed by atoms with Crippen LogP contribution in [0.3, 0.4) is 0 Å². The Morgan fingerprint density at radius 3 is 2.76 bits per heavy atom. The fourth-order valence-electron chi connectivity index (χ4n) is 3.32. The molecule has 0 aromatic carbocycles. The molecule has 0 saturated heterocycles. The van der Waals surface area contributed by atoms with Crippen molar-refractivity contribution in [1.82, 2.24) is 0 Å². The molecule has 0 aliphatic heterocycles. The van der Waals surface area contributed by atoms with E-state index in [1.165, 1.54) is 25.3 Å². The second kappa shape index (κ2) is 4.28. The zero-order chi connectivity index (χ0) is 12.6. The fraction of sp³-hybridized carbons (Fsp3) is 0.714. The molecule has 0 spiro atoms. The van der Waals surface area contributed by atoms with Crippen LogP contribution in [-0.4, -0.2) is 17.9 Å². The van der Waals surface area contributed by atoms with Gasteiger partial charge in [0.05, 0.1) is 0 Å². The van der Waals surface area contributed by atoms with Gasteiger partial charge in [0.15, 0.2) is 11.9 Å². The van der Waals surface area contributed by atoms with Crippen LogP contribution >= 0.6 is 0 Å². The fourth-order valence-corrected chi connectivity index (χ4v) is 3.32. The van der Waals surface area contributed by atoms with Gasteiger partial charge in [0.1, 0.15) is 0 Å². The van der Waals surface area contributed by atoms with Gasteiger partial charge >= 0.3 is 5.97 Å².